The second-order valence-corrected chi connectivity index (χ2v) is 7.69. The van der Waals surface area contributed by atoms with Gasteiger partial charge in [-0.05, 0) is 12.8 Å². The highest BCUT2D eigenvalue weighted by Crippen LogP contribution is 2.40. The maximum absolute atomic E-state index is 13.4. The number of nitrogens with zero attached hydrogens (tertiary/aromatic N) is 3. The monoisotopic (exact) mass is 463 g/mol. The minimum atomic E-state index is -1.40. The van der Waals surface area contributed by atoms with Crippen molar-refractivity contribution in [2.45, 2.75) is 37.3 Å². The molecule has 4 rings (SSSR count). The second kappa shape index (κ2) is 9.24. The number of hydrogen-bond acceptors (Lipinski definition) is 7. The summed E-state index contributed by atoms with van der Waals surface area (Å²) in [5.41, 5.74) is 2.38. The molecule has 2 aliphatic carbocycles. The molecule has 176 valence electrons. The van der Waals surface area contributed by atoms with Crippen LogP contribution in [0.2, 0.25) is 0 Å². The van der Waals surface area contributed by atoms with Gasteiger partial charge in [0.15, 0.2) is 11.6 Å². The highest BCUT2D eigenvalue weighted by molar-refractivity contribution is 5.26. The third-order valence-electron chi connectivity index (χ3n) is 5.77. The summed E-state index contributed by atoms with van der Waals surface area (Å²) < 4.78 is 54.5. The molecule has 0 radical (unpaired) electrons. The summed E-state index contributed by atoms with van der Waals surface area (Å²) in [5.74, 6) is -3.47. The number of nitrogen functional groups attached to an aromatic ring is 1. The minimum Gasteiger partial charge on any atom is -0.396 e. The number of aromatic amines is 1. The van der Waals surface area contributed by atoms with Gasteiger partial charge in [-0.1, -0.05) is 0 Å². The van der Waals surface area contributed by atoms with E-state index in [0.717, 1.165) is 15.3 Å². The Balaban J connectivity index is 0.000000181. The zero-order chi connectivity index (χ0) is 23.7. The summed E-state index contributed by atoms with van der Waals surface area (Å²) in [6.07, 6.45) is -0.645. The first-order valence-electron chi connectivity index (χ1n) is 9.64. The fraction of sp³-hybridized carbons (Fsp3) is 0.556. The molecular formula is C18H21F4N5O5. The lowest BCUT2D eigenvalue weighted by molar-refractivity contribution is -0.000885. The van der Waals surface area contributed by atoms with Crippen molar-refractivity contribution in [2.24, 2.45) is 11.8 Å². The van der Waals surface area contributed by atoms with E-state index in [-0.39, 0.29) is 19.6 Å². The molecule has 32 heavy (non-hydrogen) atoms. The molecule has 2 fully saturated rings. The van der Waals surface area contributed by atoms with E-state index in [1.54, 1.807) is 4.98 Å². The third-order valence-corrected chi connectivity index (χ3v) is 5.77. The second-order valence-electron chi connectivity index (χ2n) is 7.69. The fourth-order valence-electron chi connectivity index (χ4n) is 3.66. The van der Waals surface area contributed by atoms with Crippen LogP contribution in [0.4, 0.5) is 23.4 Å². The smallest absolute Gasteiger partial charge is 0.350 e. The Morgan fingerprint density at radius 2 is 1.47 bits per heavy atom. The average Bonchev–Trinajstić information content (AvgIpc) is 2.74. The molecule has 10 nitrogen and oxygen atoms in total. The maximum Gasteiger partial charge on any atom is 0.350 e. The number of aromatic nitrogens is 4. The lowest BCUT2D eigenvalue weighted by atomic mass is 9.78. The van der Waals surface area contributed by atoms with Crippen LogP contribution in [0.25, 0.3) is 0 Å². The average molecular weight is 463 g/mol. The van der Waals surface area contributed by atoms with E-state index < -0.39 is 70.7 Å². The Hall–Kier alpha value is -3.00. The van der Waals surface area contributed by atoms with E-state index in [4.69, 9.17) is 15.9 Å². The number of halogens is 4. The number of nitrogens with one attached hydrogen (secondary N) is 1. The quantitative estimate of drug-likeness (QED) is 0.442. The van der Waals surface area contributed by atoms with Gasteiger partial charge in [0.05, 0.1) is 18.3 Å². The van der Waals surface area contributed by atoms with Crippen molar-refractivity contribution in [2.75, 3.05) is 18.9 Å². The molecule has 0 amide bonds. The molecule has 0 aliphatic heterocycles. The largest absolute Gasteiger partial charge is 0.396 e. The van der Waals surface area contributed by atoms with Gasteiger partial charge < -0.3 is 15.9 Å². The Labute approximate surface area is 177 Å². The van der Waals surface area contributed by atoms with Crippen molar-refractivity contribution >= 4 is 5.82 Å². The number of anilines is 1. The predicted molar refractivity (Wildman–Crippen MR) is 102 cm³/mol. The molecule has 2 heterocycles. The number of aliphatic hydroxyl groups is 2. The van der Waals surface area contributed by atoms with Gasteiger partial charge in [0.25, 0.3) is 5.56 Å². The summed E-state index contributed by atoms with van der Waals surface area (Å²) in [5, 5.41) is 17.5. The van der Waals surface area contributed by atoms with E-state index in [1.807, 2.05) is 0 Å². The first kappa shape index (κ1) is 23.7. The zero-order valence-electron chi connectivity index (χ0n) is 16.5. The molecule has 6 atom stereocenters. The molecule has 5 N–H and O–H groups in total. The first-order chi connectivity index (χ1) is 15.1. The van der Waals surface area contributed by atoms with Crippen LogP contribution in [0, 0.1) is 23.5 Å². The Bertz CT molecular complexity index is 1150. The van der Waals surface area contributed by atoms with Crippen LogP contribution >= 0.6 is 0 Å². The van der Waals surface area contributed by atoms with Gasteiger partial charge in [0.1, 0.15) is 12.3 Å². The molecule has 0 bridgehead atoms. The molecule has 2 saturated carbocycles. The van der Waals surface area contributed by atoms with Gasteiger partial charge >= 0.3 is 11.4 Å². The highest BCUT2D eigenvalue weighted by atomic mass is 19.1. The van der Waals surface area contributed by atoms with Crippen LogP contribution in [0.15, 0.2) is 26.8 Å². The number of rotatable bonds is 4. The molecule has 0 aromatic carbocycles. The normalized spacial score (nSPS) is 28.8. The first-order valence-corrected chi connectivity index (χ1v) is 9.64. The lowest BCUT2D eigenvalue weighted by Crippen LogP contribution is -2.47. The van der Waals surface area contributed by atoms with Crippen molar-refractivity contribution in [3.8, 4) is 0 Å². The summed E-state index contributed by atoms with van der Waals surface area (Å²) in [4.78, 5) is 38.4. The van der Waals surface area contributed by atoms with Gasteiger partial charge in [0, 0.05) is 31.2 Å². The zero-order valence-corrected chi connectivity index (χ0v) is 16.5. The Kier molecular flexibility index (Phi) is 6.83. The van der Waals surface area contributed by atoms with E-state index in [1.165, 1.54) is 0 Å². The van der Waals surface area contributed by atoms with Crippen molar-refractivity contribution < 1.29 is 27.8 Å². The molecule has 0 spiro atoms. The van der Waals surface area contributed by atoms with Gasteiger partial charge in [-0.2, -0.15) is 9.37 Å². The number of H-pyrrole nitrogens is 1. The molecule has 14 heteroatoms. The van der Waals surface area contributed by atoms with Crippen LogP contribution in [0.3, 0.4) is 0 Å². The summed E-state index contributed by atoms with van der Waals surface area (Å²) in [6, 6.07) is -1.57. The number of alkyl halides is 2. The lowest BCUT2D eigenvalue weighted by Gasteiger charge is -2.39. The molecule has 2 aliphatic rings. The predicted octanol–water partition coefficient (Wildman–Crippen LogP) is -0.577. The Morgan fingerprint density at radius 3 is 1.97 bits per heavy atom. The fourth-order valence-corrected chi connectivity index (χ4v) is 3.66. The number of hydrogen-bond donors (Lipinski definition) is 4. The van der Waals surface area contributed by atoms with E-state index in [9.17, 15) is 31.9 Å². The van der Waals surface area contributed by atoms with Crippen LogP contribution < -0.4 is 22.7 Å². The topological polar surface area (TPSA) is 156 Å². The van der Waals surface area contributed by atoms with Gasteiger partial charge in [-0.3, -0.25) is 18.9 Å². The minimum absolute atomic E-state index is 0.253. The van der Waals surface area contributed by atoms with Crippen LogP contribution in [0.1, 0.15) is 24.9 Å². The molecule has 0 saturated heterocycles. The van der Waals surface area contributed by atoms with Crippen molar-refractivity contribution in [1.29, 1.82) is 0 Å². The summed E-state index contributed by atoms with van der Waals surface area (Å²) in [6.45, 7) is -0.588. The standard InChI is InChI=1S/C9H11F2N3O2.C9H10F2N2O3/c10-5-2-14(9(16)13-8(5)12)6-1-4(3-15)7(6)11;10-5-2-13(9(16)12-8(5)15)6-1-4(3-14)7(6)11/h2,4,6-7,15H,1,3H2,(H2,12,13,16);2,4,6-7,14H,1,3H2,(H,12,15,16)/t2*4-,6-,7-/m00/s1. The number of aliphatic hydroxyl groups excluding tert-OH is 2. The van der Waals surface area contributed by atoms with E-state index >= 15 is 0 Å². The van der Waals surface area contributed by atoms with Crippen LogP contribution in [0.5, 0.6) is 0 Å². The SMILES string of the molecule is Nc1nc(=O)n([C@H]2C[C@@H](CO)[C@@H]2F)cc1F.O=c1[nH]c(=O)n([C@H]2C[C@@H](CO)[C@@H]2F)cc1F. The van der Waals surface area contributed by atoms with Crippen molar-refractivity contribution in [1.82, 2.24) is 19.1 Å². The van der Waals surface area contributed by atoms with Crippen LogP contribution in [-0.4, -0.2) is 54.9 Å². The molecular weight excluding hydrogens is 442 g/mol. The van der Waals surface area contributed by atoms with E-state index in [0.29, 0.717) is 12.6 Å². The Morgan fingerprint density at radius 1 is 0.969 bits per heavy atom. The van der Waals surface area contributed by atoms with Crippen molar-refractivity contribution in [3.05, 3.63) is 55.4 Å². The molecule has 2 aromatic heterocycles. The third kappa shape index (κ3) is 4.32. The van der Waals surface area contributed by atoms with Gasteiger partial charge in [-0.25, -0.2) is 22.8 Å². The molecule has 0 unspecified atom stereocenters. The highest BCUT2D eigenvalue weighted by Gasteiger charge is 2.43. The summed E-state index contributed by atoms with van der Waals surface area (Å²) in [7, 11) is 0. The maximum atomic E-state index is 13.4. The number of nitrogens with two attached hydrogens (primary N) is 1. The van der Waals surface area contributed by atoms with Gasteiger partial charge in [0.2, 0.25) is 5.82 Å². The van der Waals surface area contributed by atoms with Crippen LogP contribution in [-0.2, 0) is 0 Å². The van der Waals surface area contributed by atoms with Crippen molar-refractivity contribution in [3.63, 3.8) is 0 Å². The molecule has 2 aromatic rings. The summed E-state index contributed by atoms with van der Waals surface area (Å²) >= 11 is 0. The van der Waals surface area contributed by atoms with E-state index in [2.05, 4.69) is 4.98 Å². The van der Waals surface area contributed by atoms with Gasteiger partial charge in [-0.15, -0.1) is 0 Å².